The van der Waals surface area contributed by atoms with Crippen molar-refractivity contribution < 1.29 is 19.4 Å². The number of carboxylic acid groups (broad SMARTS) is 1. The quantitative estimate of drug-likeness (QED) is 0.864. The van der Waals surface area contributed by atoms with Crippen LogP contribution in [0, 0.1) is 0 Å². The largest absolute Gasteiger partial charge is 0.480 e. The molecule has 1 aromatic heterocycles. The molecule has 0 aliphatic heterocycles. The standard InChI is InChI=1S/C12H15ClN2O4/c1-12(2,3)19-11(18)15(7-10(16)17)8-4-5-14-9(13)6-8/h4-6H,7H2,1-3H3,(H,16,17). The van der Waals surface area contributed by atoms with Gasteiger partial charge in [-0.3, -0.25) is 9.69 Å². The van der Waals surface area contributed by atoms with Gasteiger partial charge in [0.15, 0.2) is 0 Å². The number of aliphatic carboxylic acids is 1. The lowest BCUT2D eigenvalue weighted by molar-refractivity contribution is -0.135. The minimum atomic E-state index is -1.15. The fraction of sp³-hybridized carbons (Fsp3) is 0.417. The number of amides is 1. The molecule has 19 heavy (non-hydrogen) atoms. The molecule has 0 bridgehead atoms. The van der Waals surface area contributed by atoms with Crippen molar-refractivity contribution in [2.45, 2.75) is 26.4 Å². The van der Waals surface area contributed by atoms with Crippen LogP contribution in [0.3, 0.4) is 0 Å². The highest BCUT2D eigenvalue weighted by Crippen LogP contribution is 2.20. The molecule has 0 aliphatic rings. The van der Waals surface area contributed by atoms with Crippen LogP contribution in [0.5, 0.6) is 0 Å². The highest BCUT2D eigenvalue weighted by molar-refractivity contribution is 6.29. The van der Waals surface area contributed by atoms with Gasteiger partial charge < -0.3 is 9.84 Å². The number of hydrogen-bond donors (Lipinski definition) is 1. The molecule has 0 radical (unpaired) electrons. The van der Waals surface area contributed by atoms with Gasteiger partial charge in [0.25, 0.3) is 0 Å². The van der Waals surface area contributed by atoms with Gasteiger partial charge in [-0.05, 0) is 32.9 Å². The first-order valence-electron chi connectivity index (χ1n) is 5.53. The molecule has 0 unspecified atom stereocenters. The van der Waals surface area contributed by atoms with Crippen molar-refractivity contribution in [2.75, 3.05) is 11.4 Å². The maximum absolute atomic E-state index is 12.0. The number of pyridine rings is 1. The van der Waals surface area contributed by atoms with E-state index in [1.807, 2.05) is 0 Å². The first kappa shape index (κ1) is 15.2. The van der Waals surface area contributed by atoms with Crippen LogP contribution in [-0.2, 0) is 9.53 Å². The smallest absolute Gasteiger partial charge is 0.415 e. The molecule has 0 atom stereocenters. The third kappa shape index (κ3) is 5.13. The van der Waals surface area contributed by atoms with E-state index in [9.17, 15) is 9.59 Å². The summed E-state index contributed by atoms with van der Waals surface area (Å²) in [5.74, 6) is -1.15. The van der Waals surface area contributed by atoms with Crippen molar-refractivity contribution >= 4 is 29.4 Å². The van der Waals surface area contributed by atoms with Crippen molar-refractivity contribution in [3.63, 3.8) is 0 Å². The van der Waals surface area contributed by atoms with Gasteiger partial charge in [-0.2, -0.15) is 0 Å². The molecule has 104 valence electrons. The maximum atomic E-state index is 12.0. The Bertz CT molecular complexity index is 485. The molecular formula is C12H15ClN2O4. The Balaban J connectivity index is 3.01. The number of rotatable bonds is 3. The number of carboxylic acids is 1. The second-order valence-corrected chi connectivity index (χ2v) is 5.18. The molecule has 7 heteroatoms. The number of anilines is 1. The molecule has 0 aromatic carbocycles. The zero-order valence-corrected chi connectivity index (χ0v) is 11.6. The van der Waals surface area contributed by atoms with E-state index in [0.29, 0.717) is 5.69 Å². The van der Waals surface area contributed by atoms with Crippen molar-refractivity contribution in [1.29, 1.82) is 0 Å². The zero-order valence-electron chi connectivity index (χ0n) is 10.9. The zero-order chi connectivity index (χ0) is 14.6. The highest BCUT2D eigenvalue weighted by Gasteiger charge is 2.25. The molecule has 0 spiro atoms. The molecule has 1 heterocycles. The van der Waals surface area contributed by atoms with Gasteiger partial charge in [0.05, 0.1) is 5.69 Å². The molecule has 0 aliphatic carbocycles. The summed E-state index contributed by atoms with van der Waals surface area (Å²) in [6.07, 6.45) is 0.633. The van der Waals surface area contributed by atoms with Crippen LogP contribution in [0.2, 0.25) is 5.15 Å². The first-order chi connectivity index (χ1) is 8.69. The third-order valence-electron chi connectivity index (χ3n) is 1.93. The topological polar surface area (TPSA) is 79.7 Å². The lowest BCUT2D eigenvalue weighted by Gasteiger charge is -2.26. The summed E-state index contributed by atoms with van der Waals surface area (Å²) in [6.45, 7) is 4.57. The Morgan fingerprint density at radius 3 is 2.58 bits per heavy atom. The van der Waals surface area contributed by atoms with Crippen LogP contribution in [0.15, 0.2) is 18.3 Å². The summed E-state index contributed by atoms with van der Waals surface area (Å²) >= 11 is 5.73. The number of carbonyl (C=O) groups is 2. The summed E-state index contributed by atoms with van der Waals surface area (Å²) in [4.78, 5) is 27.6. The van der Waals surface area contributed by atoms with Gasteiger partial charge >= 0.3 is 12.1 Å². The van der Waals surface area contributed by atoms with Crippen LogP contribution in [-0.4, -0.2) is 34.3 Å². The molecule has 6 nitrogen and oxygen atoms in total. The predicted molar refractivity (Wildman–Crippen MR) is 70.5 cm³/mol. The van der Waals surface area contributed by atoms with E-state index in [2.05, 4.69) is 4.98 Å². The normalized spacial score (nSPS) is 10.9. The summed E-state index contributed by atoms with van der Waals surface area (Å²) in [5, 5.41) is 9.03. The van der Waals surface area contributed by atoms with E-state index in [1.165, 1.54) is 18.3 Å². The summed E-state index contributed by atoms with van der Waals surface area (Å²) in [5.41, 5.74) is -0.401. The Labute approximate surface area is 115 Å². The van der Waals surface area contributed by atoms with Crippen molar-refractivity contribution in [3.05, 3.63) is 23.5 Å². The summed E-state index contributed by atoms with van der Waals surface area (Å²) in [7, 11) is 0. The Kier molecular flexibility index (Phi) is 4.72. The van der Waals surface area contributed by atoms with Crippen molar-refractivity contribution in [1.82, 2.24) is 4.98 Å². The van der Waals surface area contributed by atoms with E-state index in [4.69, 9.17) is 21.4 Å². The molecule has 1 N–H and O–H groups in total. The van der Waals surface area contributed by atoms with Gasteiger partial charge in [-0.15, -0.1) is 0 Å². The number of carbonyl (C=O) groups excluding carboxylic acids is 1. The maximum Gasteiger partial charge on any atom is 0.415 e. The Hall–Kier alpha value is -1.82. The van der Waals surface area contributed by atoms with Crippen LogP contribution in [0.4, 0.5) is 10.5 Å². The van der Waals surface area contributed by atoms with Crippen molar-refractivity contribution in [3.8, 4) is 0 Å². The number of nitrogens with zero attached hydrogens (tertiary/aromatic N) is 2. The molecule has 0 saturated heterocycles. The van der Waals surface area contributed by atoms with Crippen LogP contribution >= 0.6 is 11.6 Å². The minimum Gasteiger partial charge on any atom is -0.480 e. The SMILES string of the molecule is CC(C)(C)OC(=O)N(CC(=O)O)c1ccnc(Cl)c1. The second kappa shape index (κ2) is 5.88. The van der Waals surface area contributed by atoms with Gasteiger partial charge in [-0.1, -0.05) is 11.6 Å². The van der Waals surface area contributed by atoms with Crippen LogP contribution in [0.25, 0.3) is 0 Å². The fourth-order valence-electron chi connectivity index (χ4n) is 1.27. The van der Waals surface area contributed by atoms with Crippen molar-refractivity contribution in [2.24, 2.45) is 0 Å². The van der Waals surface area contributed by atoms with Crippen LogP contribution in [0.1, 0.15) is 20.8 Å². The number of hydrogen-bond acceptors (Lipinski definition) is 4. The Morgan fingerprint density at radius 2 is 2.11 bits per heavy atom. The van der Waals surface area contributed by atoms with E-state index in [1.54, 1.807) is 20.8 Å². The molecule has 0 fully saturated rings. The summed E-state index contributed by atoms with van der Waals surface area (Å²) in [6, 6.07) is 2.88. The van der Waals surface area contributed by atoms with Gasteiger partial charge in [0.2, 0.25) is 0 Å². The highest BCUT2D eigenvalue weighted by atomic mass is 35.5. The molecule has 0 saturated carbocycles. The van der Waals surface area contributed by atoms with Crippen LogP contribution < -0.4 is 4.90 Å². The van der Waals surface area contributed by atoms with E-state index >= 15 is 0 Å². The molecular weight excluding hydrogens is 272 g/mol. The van der Waals surface area contributed by atoms with E-state index in [-0.39, 0.29) is 5.15 Å². The predicted octanol–water partition coefficient (Wildman–Crippen LogP) is 2.56. The van der Waals surface area contributed by atoms with Gasteiger partial charge in [-0.25, -0.2) is 9.78 Å². The third-order valence-corrected chi connectivity index (χ3v) is 2.14. The monoisotopic (exact) mass is 286 g/mol. The lowest BCUT2D eigenvalue weighted by atomic mass is 10.2. The molecule has 1 rings (SSSR count). The Morgan fingerprint density at radius 1 is 1.47 bits per heavy atom. The van der Waals surface area contributed by atoms with E-state index in [0.717, 1.165) is 4.90 Å². The van der Waals surface area contributed by atoms with Gasteiger partial charge in [0.1, 0.15) is 17.3 Å². The second-order valence-electron chi connectivity index (χ2n) is 4.80. The lowest BCUT2D eigenvalue weighted by Crippen LogP contribution is -2.40. The minimum absolute atomic E-state index is 0.163. The fourth-order valence-corrected chi connectivity index (χ4v) is 1.44. The number of ether oxygens (including phenoxy) is 1. The molecule has 1 amide bonds. The number of halogens is 1. The molecule has 1 aromatic rings. The van der Waals surface area contributed by atoms with E-state index < -0.39 is 24.2 Å². The van der Waals surface area contributed by atoms with Gasteiger partial charge in [0, 0.05) is 6.20 Å². The first-order valence-corrected chi connectivity index (χ1v) is 5.91. The average Bonchev–Trinajstić information content (AvgIpc) is 2.23. The number of aromatic nitrogens is 1. The average molecular weight is 287 g/mol. The summed E-state index contributed by atoms with van der Waals surface area (Å²) < 4.78 is 5.16.